The number of aromatic amines is 1. The van der Waals surface area contributed by atoms with Crippen molar-refractivity contribution < 1.29 is 0 Å². The quantitative estimate of drug-likeness (QED) is 0.761. The van der Waals surface area contributed by atoms with Crippen LogP contribution in [-0.4, -0.2) is 15.4 Å². The van der Waals surface area contributed by atoms with Crippen LogP contribution in [0.4, 0.5) is 0 Å². The fourth-order valence-electron chi connectivity index (χ4n) is 4.78. The first-order valence-electron chi connectivity index (χ1n) is 6.26. The van der Waals surface area contributed by atoms with Crippen LogP contribution in [0.5, 0.6) is 0 Å². The molecule has 1 heterocycles. The van der Waals surface area contributed by atoms with Crippen LogP contribution in [0.1, 0.15) is 43.7 Å². The van der Waals surface area contributed by atoms with Crippen LogP contribution in [0.15, 0.2) is 6.20 Å². The maximum absolute atomic E-state index is 4.26. The third-order valence-electron chi connectivity index (χ3n) is 5.00. The SMILES string of the molecule is c1[nH]nnc1C1C2CC3CC(C2)CC1C3. The highest BCUT2D eigenvalue weighted by atomic mass is 15.3. The summed E-state index contributed by atoms with van der Waals surface area (Å²) >= 11 is 0. The van der Waals surface area contributed by atoms with Crippen LogP contribution in [0.3, 0.4) is 0 Å². The van der Waals surface area contributed by atoms with E-state index in [1.807, 2.05) is 6.20 Å². The van der Waals surface area contributed by atoms with Crippen molar-refractivity contribution in [2.75, 3.05) is 0 Å². The Morgan fingerprint density at radius 1 is 1.00 bits per heavy atom. The van der Waals surface area contributed by atoms with Gasteiger partial charge in [0.15, 0.2) is 0 Å². The Balaban J connectivity index is 1.71. The molecule has 4 saturated carbocycles. The number of aromatic nitrogens is 3. The van der Waals surface area contributed by atoms with E-state index >= 15 is 0 Å². The van der Waals surface area contributed by atoms with Gasteiger partial charge in [-0.2, -0.15) is 0 Å². The molecule has 0 spiro atoms. The first-order chi connectivity index (χ1) is 7.40. The van der Waals surface area contributed by atoms with Crippen molar-refractivity contribution in [3.63, 3.8) is 0 Å². The van der Waals surface area contributed by atoms with Crippen molar-refractivity contribution in [1.29, 1.82) is 0 Å². The van der Waals surface area contributed by atoms with Crippen LogP contribution < -0.4 is 0 Å². The largest absolute Gasteiger partial charge is 0.265 e. The van der Waals surface area contributed by atoms with E-state index in [1.165, 1.54) is 37.8 Å². The summed E-state index contributed by atoms with van der Waals surface area (Å²) in [6.45, 7) is 0. The Kier molecular flexibility index (Phi) is 1.57. The summed E-state index contributed by atoms with van der Waals surface area (Å²) in [5.41, 5.74) is 1.24. The minimum absolute atomic E-state index is 0.733. The molecule has 0 radical (unpaired) electrons. The van der Waals surface area contributed by atoms with Gasteiger partial charge in [0, 0.05) is 12.1 Å². The van der Waals surface area contributed by atoms with Gasteiger partial charge in [0.05, 0.1) is 5.69 Å². The monoisotopic (exact) mass is 203 g/mol. The lowest BCUT2D eigenvalue weighted by Gasteiger charge is -2.53. The molecular formula is C12H17N3. The van der Waals surface area contributed by atoms with Gasteiger partial charge in [-0.15, -0.1) is 5.10 Å². The average molecular weight is 203 g/mol. The summed E-state index contributed by atoms with van der Waals surface area (Å²) in [5.74, 6) is 4.68. The molecular weight excluding hydrogens is 186 g/mol. The Morgan fingerprint density at radius 3 is 2.20 bits per heavy atom. The number of nitrogens with zero attached hydrogens (tertiary/aromatic N) is 2. The standard InChI is InChI=1S/C12H17N3/c1-7-2-9-4-8(1)5-10(3-7)12(9)11-6-13-15-14-11/h6-10,12H,1-5H2,(H,13,14,15). The van der Waals surface area contributed by atoms with E-state index in [-0.39, 0.29) is 0 Å². The molecule has 15 heavy (non-hydrogen) atoms. The minimum Gasteiger partial charge on any atom is -0.265 e. The summed E-state index contributed by atoms with van der Waals surface area (Å²) in [4.78, 5) is 0. The molecule has 1 aromatic heterocycles. The number of H-pyrrole nitrogens is 1. The van der Waals surface area contributed by atoms with E-state index in [9.17, 15) is 0 Å². The first-order valence-corrected chi connectivity index (χ1v) is 6.26. The maximum atomic E-state index is 4.26. The summed E-state index contributed by atoms with van der Waals surface area (Å²) < 4.78 is 0. The highest BCUT2D eigenvalue weighted by Gasteiger charge is 2.49. The number of hydrogen-bond acceptors (Lipinski definition) is 2. The number of nitrogens with one attached hydrogen (secondary N) is 1. The molecule has 0 aliphatic heterocycles. The lowest BCUT2D eigenvalue weighted by molar-refractivity contribution is -0.00418. The third kappa shape index (κ3) is 1.12. The molecule has 3 heteroatoms. The van der Waals surface area contributed by atoms with E-state index in [1.54, 1.807) is 0 Å². The molecule has 4 aliphatic carbocycles. The molecule has 0 amide bonds. The van der Waals surface area contributed by atoms with Gasteiger partial charge in [0.2, 0.25) is 0 Å². The number of hydrogen-bond donors (Lipinski definition) is 1. The van der Waals surface area contributed by atoms with Crippen LogP contribution in [0, 0.1) is 23.7 Å². The van der Waals surface area contributed by atoms with Gasteiger partial charge in [-0.05, 0) is 55.8 Å². The molecule has 4 bridgehead atoms. The zero-order chi connectivity index (χ0) is 9.83. The van der Waals surface area contributed by atoms with E-state index in [2.05, 4.69) is 15.4 Å². The highest BCUT2D eigenvalue weighted by molar-refractivity contribution is 5.13. The van der Waals surface area contributed by atoms with E-state index < -0.39 is 0 Å². The van der Waals surface area contributed by atoms with Crippen molar-refractivity contribution >= 4 is 0 Å². The zero-order valence-electron chi connectivity index (χ0n) is 8.89. The molecule has 0 unspecified atom stereocenters. The van der Waals surface area contributed by atoms with Crippen LogP contribution in [0.2, 0.25) is 0 Å². The van der Waals surface area contributed by atoms with Gasteiger partial charge >= 0.3 is 0 Å². The van der Waals surface area contributed by atoms with Crippen molar-refractivity contribution in [3.05, 3.63) is 11.9 Å². The highest BCUT2D eigenvalue weighted by Crippen LogP contribution is 2.59. The molecule has 1 N–H and O–H groups in total. The van der Waals surface area contributed by atoms with Gasteiger partial charge in [-0.1, -0.05) is 5.21 Å². The van der Waals surface area contributed by atoms with E-state index in [0.717, 1.165) is 29.6 Å². The maximum Gasteiger partial charge on any atom is 0.0860 e. The summed E-state index contributed by atoms with van der Waals surface area (Å²) in [6, 6.07) is 0. The van der Waals surface area contributed by atoms with Crippen molar-refractivity contribution in [2.45, 2.75) is 38.0 Å². The summed E-state index contributed by atoms with van der Waals surface area (Å²) in [7, 11) is 0. The molecule has 0 saturated heterocycles. The molecule has 0 atom stereocenters. The Hall–Kier alpha value is -0.860. The van der Waals surface area contributed by atoms with Crippen molar-refractivity contribution in [3.8, 4) is 0 Å². The van der Waals surface area contributed by atoms with Crippen LogP contribution in [0.25, 0.3) is 0 Å². The second-order valence-corrected chi connectivity index (χ2v) is 5.85. The van der Waals surface area contributed by atoms with Gasteiger partial charge < -0.3 is 0 Å². The van der Waals surface area contributed by atoms with Crippen LogP contribution >= 0.6 is 0 Å². The predicted octanol–water partition coefficient (Wildman–Crippen LogP) is 2.34. The fraction of sp³-hybridized carbons (Fsp3) is 0.833. The fourth-order valence-corrected chi connectivity index (χ4v) is 4.78. The first kappa shape index (κ1) is 8.31. The van der Waals surface area contributed by atoms with Gasteiger partial charge in [-0.25, -0.2) is 0 Å². The van der Waals surface area contributed by atoms with Crippen molar-refractivity contribution in [1.82, 2.24) is 15.4 Å². The topological polar surface area (TPSA) is 41.6 Å². The average Bonchev–Trinajstić information content (AvgIpc) is 2.69. The normalized spacial score (nSPS) is 47.3. The molecule has 3 nitrogen and oxygen atoms in total. The summed E-state index contributed by atoms with van der Waals surface area (Å²) in [5, 5.41) is 11.0. The zero-order valence-corrected chi connectivity index (χ0v) is 8.89. The predicted molar refractivity (Wildman–Crippen MR) is 56.2 cm³/mol. The van der Waals surface area contributed by atoms with E-state index in [0.29, 0.717) is 0 Å². The lowest BCUT2D eigenvalue weighted by atomic mass is 9.51. The molecule has 4 aliphatic rings. The smallest absolute Gasteiger partial charge is 0.0860 e. The molecule has 80 valence electrons. The Bertz CT molecular complexity index is 329. The Morgan fingerprint density at radius 2 is 1.67 bits per heavy atom. The molecule has 5 rings (SSSR count). The third-order valence-corrected chi connectivity index (χ3v) is 5.00. The second kappa shape index (κ2) is 2.83. The Labute approximate surface area is 89.6 Å². The lowest BCUT2D eigenvalue weighted by Crippen LogP contribution is -2.43. The van der Waals surface area contributed by atoms with Gasteiger partial charge in [-0.3, -0.25) is 5.10 Å². The van der Waals surface area contributed by atoms with E-state index in [4.69, 9.17) is 0 Å². The van der Waals surface area contributed by atoms with Crippen LogP contribution in [-0.2, 0) is 0 Å². The summed E-state index contributed by atoms with van der Waals surface area (Å²) in [6.07, 6.45) is 9.40. The van der Waals surface area contributed by atoms with Crippen molar-refractivity contribution in [2.24, 2.45) is 23.7 Å². The minimum atomic E-state index is 0.733. The molecule has 4 fully saturated rings. The second-order valence-electron chi connectivity index (χ2n) is 5.85. The van der Waals surface area contributed by atoms with Gasteiger partial charge in [0.25, 0.3) is 0 Å². The van der Waals surface area contributed by atoms with Gasteiger partial charge in [0.1, 0.15) is 0 Å². The molecule has 0 aromatic carbocycles. The molecule has 1 aromatic rings. The number of rotatable bonds is 1.